The van der Waals surface area contributed by atoms with E-state index in [1.165, 1.54) is 36.9 Å². The molecule has 2 aromatic heterocycles. The van der Waals surface area contributed by atoms with E-state index in [2.05, 4.69) is 34.6 Å². The molecule has 0 amide bonds. The summed E-state index contributed by atoms with van der Waals surface area (Å²) >= 11 is 0. The Bertz CT molecular complexity index is 567. The molecule has 0 unspecified atom stereocenters. The smallest absolute Gasteiger partial charge is 0.153 e. The van der Waals surface area contributed by atoms with E-state index in [4.69, 9.17) is 4.98 Å². The molecule has 2 N–H and O–H groups in total. The van der Waals surface area contributed by atoms with E-state index in [-0.39, 0.29) is 0 Å². The van der Waals surface area contributed by atoms with Crippen LogP contribution in [0.25, 0.3) is 0 Å². The first-order chi connectivity index (χ1) is 9.20. The summed E-state index contributed by atoms with van der Waals surface area (Å²) in [7, 11) is 0. The zero-order chi connectivity index (χ0) is 13.2. The summed E-state index contributed by atoms with van der Waals surface area (Å²) in [6, 6.07) is 6.28. The summed E-state index contributed by atoms with van der Waals surface area (Å²) in [5, 5.41) is 10.4. The van der Waals surface area contributed by atoms with Crippen molar-refractivity contribution in [3.8, 4) is 0 Å². The third kappa shape index (κ3) is 2.78. The van der Waals surface area contributed by atoms with Gasteiger partial charge in [0.1, 0.15) is 5.82 Å². The van der Waals surface area contributed by atoms with E-state index in [1.807, 2.05) is 13.0 Å². The SMILES string of the molecule is Cc1cc(Nc2cc(C)[nH]n2)nc(C2CCCC2)c1. The molecule has 1 aliphatic rings. The van der Waals surface area contributed by atoms with Gasteiger partial charge in [0.25, 0.3) is 0 Å². The maximum atomic E-state index is 4.76. The monoisotopic (exact) mass is 256 g/mol. The number of aryl methyl sites for hydroxylation is 2. The molecule has 100 valence electrons. The van der Waals surface area contributed by atoms with Gasteiger partial charge in [-0.3, -0.25) is 5.10 Å². The van der Waals surface area contributed by atoms with Gasteiger partial charge in [0.2, 0.25) is 0 Å². The summed E-state index contributed by atoms with van der Waals surface area (Å²) in [5.41, 5.74) is 3.53. The van der Waals surface area contributed by atoms with Crippen molar-refractivity contribution in [3.63, 3.8) is 0 Å². The molecule has 0 saturated heterocycles. The van der Waals surface area contributed by atoms with Crippen molar-refractivity contribution < 1.29 is 0 Å². The van der Waals surface area contributed by atoms with Crippen LogP contribution in [0.15, 0.2) is 18.2 Å². The van der Waals surface area contributed by atoms with Gasteiger partial charge in [-0.25, -0.2) is 4.98 Å². The van der Waals surface area contributed by atoms with Crippen LogP contribution in [-0.2, 0) is 0 Å². The fourth-order valence-electron chi connectivity index (χ4n) is 2.80. The minimum absolute atomic E-state index is 0.640. The van der Waals surface area contributed by atoms with Crippen LogP contribution >= 0.6 is 0 Å². The normalized spacial score (nSPS) is 15.9. The average molecular weight is 256 g/mol. The second-order valence-corrected chi connectivity index (χ2v) is 5.50. The van der Waals surface area contributed by atoms with Crippen molar-refractivity contribution in [2.24, 2.45) is 0 Å². The predicted molar refractivity (Wildman–Crippen MR) is 76.8 cm³/mol. The van der Waals surface area contributed by atoms with Crippen molar-refractivity contribution in [2.45, 2.75) is 45.4 Å². The van der Waals surface area contributed by atoms with Gasteiger partial charge in [0, 0.05) is 23.4 Å². The minimum atomic E-state index is 0.640. The average Bonchev–Trinajstić information content (AvgIpc) is 3.00. The van der Waals surface area contributed by atoms with Crippen LogP contribution in [0.2, 0.25) is 0 Å². The molecule has 0 spiro atoms. The highest BCUT2D eigenvalue weighted by atomic mass is 15.2. The Morgan fingerprint density at radius 2 is 1.89 bits per heavy atom. The fourth-order valence-corrected chi connectivity index (χ4v) is 2.80. The lowest BCUT2D eigenvalue weighted by Gasteiger charge is -2.12. The fraction of sp³-hybridized carbons (Fsp3) is 0.467. The van der Waals surface area contributed by atoms with Gasteiger partial charge in [0.05, 0.1) is 0 Å². The van der Waals surface area contributed by atoms with Crippen LogP contribution in [0.3, 0.4) is 0 Å². The maximum absolute atomic E-state index is 4.76. The highest BCUT2D eigenvalue weighted by molar-refractivity contribution is 5.53. The van der Waals surface area contributed by atoms with E-state index in [9.17, 15) is 0 Å². The van der Waals surface area contributed by atoms with Crippen molar-refractivity contribution >= 4 is 11.6 Å². The Labute approximate surface area is 113 Å². The number of hydrogen-bond acceptors (Lipinski definition) is 3. The summed E-state index contributed by atoms with van der Waals surface area (Å²) in [6.45, 7) is 4.12. The summed E-state index contributed by atoms with van der Waals surface area (Å²) in [5.74, 6) is 2.36. The lowest BCUT2D eigenvalue weighted by atomic mass is 10.0. The molecule has 0 aliphatic heterocycles. The molecular formula is C15H20N4. The third-order valence-electron chi connectivity index (χ3n) is 3.73. The summed E-state index contributed by atoms with van der Waals surface area (Å²) in [4.78, 5) is 4.76. The quantitative estimate of drug-likeness (QED) is 0.877. The molecule has 4 heteroatoms. The van der Waals surface area contributed by atoms with Crippen molar-refractivity contribution in [1.82, 2.24) is 15.2 Å². The Balaban J connectivity index is 1.84. The molecule has 1 fully saturated rings. The van der Waals surface area contributed by atoms with Crippen LogP contribution in [-0.4, -0.2) is 15.2 Å². The Morgan fingerprint density at radius 1 is 1.11 bits per heavy atom. The van der Waals surface area contributed by atoms with Gasteiger partial charge < -0.3 is 5.32 Å². The maximum Gasteiger partial charge on any atom is 0.153 e. The molecule has 1 aliphatic carbocycles. The van der Waals surface area contributed by atoms with Crippen molar-refractivity contribution in [3.05, 3.63) is 35.2 Å². The van der Waals surface area contributed by atoms with Crippen LogP contribution in [0, 0.1) is 13.8 Å². The molecule has 0 atom stereocenters. The highest BCUT2D eigenvalue weighted by Crippen LogP contribution is 2.34. The van der Waals surface area contributed by atoms with Gasteiger partial charge in [0.15, 0.2) is 5.82 Å². The van der Waals surface area contributed by atoms with Gasteiger partial charge in [-0.05, 0) is 44.4 Å². The zero-order valence-electron chi connectivity index (χ0n) is 11.5. The topological polar surface area (TPSA) is 53.6 Å². The van der Waals surface area contributed by atoms with Crippen LogP contribution in [0.5, 0.6) is 0 Å². The molecule has 4 nitrogen and oxygen atoms in total. The number of nitrogens with one attached hydrogen (secondary N) is 2. The van der Waals surface area contributed by atoms with Gasteiger partial charge >= 0.3 is 0 Å². The van der Waals surface area contributed by atoms with E-state index in [0.717, 1.165) is 17.3 Å². The Hall–Kier alpha value is -1.84. The number of pyridine rings is 1. The predicted octanol–water partition coefficient (Wildman–Crippen LogP) is 3.82. The number of rotatable bonds is 3. The lowest BCUT2D eigenvalue weighted by molar-refractivity contribution is 0.697. The van der Waals surface area contributed by atoms with Gasteiger partial charge in [-0.15, -0.1) is 0 Å². The largest absolute Gasteiger partial charge is 0.323 e. The number of hydrogen-bond donors (Lipinski definition) is 2. The minimum Gasteiger partial charge on any atom is -0.323 e. The molecule has 2 aromatic rings. The molecular weight excluding hydrogens is 236 g/mol. The van der Waals surface area contributed by atoms with Gasteiger partial charge in [-0.2, -0.15) is 5.10 Å². The Kier molecular flexibility index (Phi) is 3.23. The van der Waals surface area contributed by atoms with Crippen LogP contribution in [0.1, 0.15) is 48.6 Å². The zero-order valence-corrected chi connectivity index (χ0v) is 11.5. The van der Waals surface area contributed by atoms with Crippen LogP contribution in [0.4, 0.5) is 11.6 Å². The number of anilines is 2. The van der Waals surface area contributed by atoms with E-state index in [1.54, 1.807) is 0 Å². The number of nitrogens with zero attached hydrogens (tertiary/aromatic N) is 2. The molecule has 1 saturated carbocycles. The number of H-pyrrole nitrogens is 1. The van der Waals surface area contributed by atoms with E-state index in [0.29, 0.717) is 5.92 Å². The summed E-state index contributed by atoms with van der Waals surface area (Å²) in [6.07, 6.45) is 5.22. The molecule has 19 heavy (non-hydrogen) atoms. The first kappa shape index (κ1) is 12.2. The Morgan fingerprint density at radius 3 is 2.58 bits per heavy atom. The second-order valence-electron chi connectivity index (χ2n) is 5.50. The van der Waals surface area contributed by atoms with Gasteiger partial charge in [-0.1, -0.05) is 12.8 Å². The first-order valence-electron chi connectivity index (χ1n) is 6.98. The molecule has 0 bridgehead atoms. The standard InChI is InChI=1S/C15H20N4/c1-10-7-13(12-5-3-4-6-12)16-14(8-10)17-15-9-11(2)18-19-15/h7-9,12H,3-6H2,1-2H3,(H2,16,17,18,19). The number of aromatic nitrogens is 3. The molecule has 0 radical (unpaired) electrons. The molecule has 3 rings (SSSR count). The summed E-state index contributed by atoms with van der Waals surface area (Å²) < 4.78 is 0. The first-order valence-corrected chi connectivity index (χ1v) is 6.98. The second kappa shape index (κ2) is 5.03. The molecule has 0 aromatic carbocycles. The van der Waals surface area contributed by atoms with E-state index >= 15 is 0 Å². The third-order valence-corrected chi connectivity index (χ3v) is 3.73. The van der Waals surface area contributed by atoms with Crippen molar-refractivity contribution in [1.29, 1.82) is 0 Å². The van der Waals surface area contributed by atoms with Crippen molar-refractivity contribution in [2.75, 3.05) is 5.32 Å². The van der Waals surface area contributed by atoms with E-state index < -0.39 is 0 Å². The lowest BCUT2D eigenvalue weighted by Crippen LogP contribution is -2.01. The highest BCUT2D eigenvalue weighted by Gasteiger charge is 2.19. The van der Waals surface area contributed by atoms with Crippen LogP contribution < -0.4 is 5.32 Å². The number of aromatic amines is 1. The molecule has 2 heterocycles.